The predicted octanol–water partition coefficient (Wildman–Crippen LogP) is 1.85. The summed E-state index contributed by atoms with van der Waals surface area (Å²) in [6.07, 6.45) is 6.14. The van der Waals surface area contributed by atoms with Gasteiger partial charge >= 0.3 is 0 Å². The molecule has 1 rings (SSSR count). The highest BCUT2D eigenvalue weighted by Gasteiger charge is 2.05. The van der Waals surface area contributed by atoms with Gasteiger partial charge in [-0.05, 0) is 13.8 Å². The van der Waals surface area contributed by atoms with E-state index in [1.165, 1.54) is 0 Å². The summed E-state index contributed by atoms with van der Waals surface area (Å²) in [6, 6.07) is 0.472. The Labute approximate surface area is 62.2 Å². The van der Waals surface area contributed by atoms with Gasteiger partial charge in [-0.25, -0.2) is 0 Å². The lowest BCUT2D eigenvalue weighted by atomic mass is 10.2. The molecule has 1 aliphatic rings. The summed E-state index contributed by atoms with van der Waals surface area (Å²) in [5.41, 5.74) is 0. The molecule has 1 atom stereocenters. The summed E-state index contributed by atoms with van der Waals surface area (Å²) >= 11 is 0. The number of allylic oxidation sites excluding steroid dienone is 1. The highest BCUT2D eigenvalue weighted by Crippen LogP contribution is 2.07. The summed E-state index contributed by atoms with van der Waals surface area (Å²) in [7, 11) is 0. The molecule has 0 amide bonds. The Hall–Kier alpha value is -0.790. The van der Waals surface area contributed by atoms with Crippen LogP contribution in [0.4, 0.5) is 0 Å². The van der Waals surface area contributed by atoms with Crippen LogP contribution in [-0.2, 0) is 0 Å². The van der Waals surface area contributed by atoms with E-state index in [1.54, 1.807) is 0 Å². The van der Waals surface area contributed by atoms with E-state index >= 15 is 0 Å². The molecule has 56 valence electrons. The molecule has 0 bridgehead atoms. The minimum atomic E-state index is 0.472. The second-order valence-electron chi connectivity index (χ2n) is 2.94. The second kappa shape index (κ2) is 2.86. The van der Waals surface area contributed by atoms with Crippen LogP contribution in [0.1, 0.15) is 20.8 Å². The van der Waals surface area contributed by atoms with Gasteiger partial charge in [-0.15, -0.1) is 0 Å². The van der Waals surface area contributed by atoms with Gasteiger partial charge in [0.05, 0.1) is 0 Å². The van der Waals surface area contributed by atoms with E-state index in [0.717, 1.165) is 0 Å². The van der Waals surface area contributed by atoms with Crippen molar-refractivity contribution in [3.8, 4) is 0 Å². The standard InChI is InChI=1S/C8H14N2/c1-7(2)10-5-4-8(3)6-9-10/h4-8H,1-3H3. The zero-order chi connectivity index (χ0) is 7.56. The van der Waals surface area contributed by atoms with Crippen LogP contribution < -0.4 is 0 Å². The molecular weight excluding hydrogens is 124 g/mol. The van der Waals surface area contributed by atoms with Gasteiger partial charge in [0, 0.05) is 24.4 Å². The fraction of sp³-hybridized carbons (Fsp3) is 0.625. The summed E-state index contributed by atoms with van der Waals surface area (Å²) in [6.45, 7) is 6.37. The highest BCUT2D eigenvalue weighted by molar-refractivity contribution is 5.63. The highest BCUT2D eigenvalue weighted by atomic mass is 15.5. The van der Waals surface area contributed by atoms with Crippen LogP contribution in [0.25, 0.3) is 0 Å². The molecule has 0 fully saturated rings. The maximum atomic E-state index is 4.23. The third-order valence-corrected chi connectivity index (χ3v) is 1.51. The number of hydrazone groups is 1. The average Bonchev–Trinajstić information content (AvgIpc) is 1.88. The lowest BCUT2D eigenvalue weighted by molar-refractivity contribution is 0.322. The van der Waals surface area contributed by atoms with Crippen molar-refractivity contribution in [3.63, 3.8) is 0 Å². The lowest BCUT2D eigenvalue weighted by Crippen LogP contribution is -2.22. The van der Waals surface area contributed by atoms with E-state index < -0.39 is 0 Å². The summed E-state index contributed by atoms with van der Waals surface area (Å²) in [5, 5.41) is 6.19. The minimum Gasteiger partial charge on any atom is -0.271 e. The van der Waals surface area contributed by atoms with Crippen LogP contribution in [0.15, 0.2) is 17.4 Å². The molecule has 1 heterocycles. The van der Waals surface area contributed by atoms with Gasteiger partial charge in [0.1, 0.15) is 0 Å². The first-order valence-corrected chi connectivity index (χ1v) is 3.71. The van der Waals surface area contributed by atoms with Crippen molar-refractivity contribution in [1.29, 1.82) is 0 Å². The number of nitrogens with zero attached hydrogens (tertiary/aromatic N) is 2. The zero-order valence-corrected chi connectivity index (χ0v) is 6.78. The third-order valence-electron chi connectivity index (χ3n) is 1.51. The molecule has 0 N–H and O–H groups in total. The molecule has 0 aromatic rings. The van der Waals surface area contributed by atoms with Gasteiger partial charge in [0.2, 0.25) is 0 Å². The van der Waals surface area contributed by atoms with Crippen molar-refractivity contribution in [1.82, 2.24) is 5.01 Å². The maximum Gasteiger partial charge on any atom is 0.0462 e. The van der Waals surface area contributed by atoms with Crippen LogP contribution in [0.3, 0.4) is 0 Å². The minimum absolute atomic E-state index is 0.472. The largest absolute Gasteiger partial charge is 0.271 e. The molecule has 0 aromatic carbocycles. The number of hydrogen-bond acceptors (Lipinski definition) is 2. The van der Waals surface area contributed by atoms with E-state index in [-0.39, 0.29) is 0 Å². The smallest absolute Gasteiger partial charge is 0.0462 e. The Kier molecular flexibility index (Phi) is 2.10. The van der Waals surface area contributed by atoms with E-state index in [0.29, 0.717) is 12.0 Å². The van der Waals surface area contributed by atoms with Crippen molar-refractivity contribution < 1.29 is 0 Å². The maximum absolute atomic E-state index is 4.23. The molecule has 1 aliphatic heterocycles. The van der Waals surface area contributed by atoms with Crippen LogP contribution in [-0.4, -0.2) is 17.3 Å². The second-order valence-corrected chi connectivity index (χ2v) is 2.94. The average molecular weight is 138 g/mol. The molecule has 0 radical (unpaired) electrons. The Morgan fingerprint density at radius 3 is 2.60 bits per heavy atom. The van der Waals surface area contributed by atoms with Gasteiger partial charge in [-0.3, -0.25) is 5.01 Å². The molecule has 2 nitrogen and oxygen atoms in total. The molecule has 10 heavy (non-hydrogen) atoms. The topological polar surface area (TPSA) is 15.6 Å². The van der Waals surface area contributed by atoms with Gasteiger partial charge in [0.15, 0.2) is 0 Å². The molecule has 2 heteroatoms. The first kappa shape index (κ1) is 7.32. The summed E-state index contributed by atoms with van der Waals surface area (Å²) < 4.78 is 0. The Balaban J connectivity index is 2.54. The Morgan fingerprint density at radius 2 is 2.20 bits per heavy atom. The van der Waals surface area contributed by atoms with Gasteiger partial charge in [0.25, 0.3) is 0 Å². The van der Waals surface area contributed by atoms with E-state index in [9.17, 15) is 0 Å². The first-order chi connectivity index (χ1) is 4.70. The number of hydrogen-bond donors (Lipinski definition) is 0. The van der Waals surface area contributed by atoms with Crippen molar-refractivity contribution in [2.45, 2.75) is 26.8 Å². The van der Waals surface area contributed by atoms with Crippen molar-refractivity contribution >= 4 is 6.21 Å². The zero-order valence-electron chi connectivity index (χ0n) is 6.78. The molecular formula is C8H14N2. The normalized spacial score (nSPS) is 24.4. The third kappa shape index (κ3) is 1.59. The lowest BCUT2D eigenvalue weighted by Gasteiger charge is -2.22. The molecule has 0 saturated carbocycles. The molecule has 1 unspecified atom stereocenters. The fourth-order valence-corrected chi connectivity index (χ4v) is 0.800. The Bertz CT molecular complexity index is 145. The molecule has 0 saturated heterocycles. The molecule has 0 aliphatic carbocycles. The van der Waals surface area contributed by atoms with Crippen LogP contribution in [0.2, 0.25) is 0 Å². The summed E-state index contributed by atoms with van der Waals surface area (Å²) in [4.78, 5) is 0. The Morgan fingerprint density at radius 1 is 1.50 bits per heavy atom. The van der Waals surface area contributed by atoms with Gasteiger partial charge in [-0.2, -0.15) is 5.10 Å². The molecule has 0 aromatic heterocycles. The summed E-state index contributed by atoms with van der Waals surface area (Å²) in [5.74, 6) is 0.495. The van der Waals surface area contributed by atoms with Crippen molar-refractivity contribution in [2.75, 3.05) is 0 Å². The van der Waals surface area contributed by atoms with Crippen LogP contribution in [0, 0.1) is 5.92 Å². The monoisotopic (exact) mass is 138 g/mol. The van der Waals surface area contributed by atoms with Crippen LogP contribution in [0.5, 0.6) is 0 Å². The van der Waals surface area contributed by atoms with E-state index in [2.05, 4.69) is 31.9 Å². The first-order valence-electron chi connectivity index (χ1n) is 3.71. The fourth-order valence-electron chi connectivity index (χ4n) is 0.800. The SMILES string of the molecule is CC1C=CN(C(C)C)N=C1. The van der Waals surface area contributed by atoms with Gasteiger partial charge in [-0.1, -0.05) is 13.0 Å². The quantitative estimate of drug-likeness (QED) is 0.540. The van der Waals surface area contributed by atoms with Crippen LogP contribution >= 0.6 is 0 Å². The predicted molar refractivity (Wildman–Crippen MR) is 43.8 cm³/mol. The molecule has 0 spiro atoms. The van der Waals surface area contributed by atoms with Crippen molar-refractivity contribution in [2.24, 2.45) is 11.0 Å². The number of rotatable bonds is 1. The van der Waals surface area contributed by atoms with Gasteiger partial charge < -0.3 is 0 Å². The van der Waals surface area contributed by atoms with E-state index in [4.69, 9.17) is 0 Å². The van der Waals surface area contributed by atoms with E-state index in [1.807, 2.05) is 17.4 Å². The van der Waals surface area contributed by atoms with Crippen molar-refractivity contribution in [3.05, 3.63) is 12.3 Å².